The van der Waals surface area contributed by atoms with Crippen LogP contribution in [0.15, 0.2) is 18.2 Å². The van der Waals surface area contributed by atoms with Gasteiger partial charge < -0.3 is 9.47 Å². The molecule has 0 radical (unpaired) electrons. The van der Waals surface area contributed by atoms with Gasteiger partial charge in [-0.25, -0.2) is 4.98 Å². The molecule has 0 spiro atoms. The first-order valence-electron chi connectivity index (χ1n) is 6.90. The van der Waals surface area contributed by atoms with Crippen LogP contribution in [0.4, 0.5) is 0 Å². The van der Waals surface area contributed by atoms with E-state index in [0.29, 0.717) is 6.04 Å². The zero-order valence-electron chi connectivity index (χ0n) is 12.4. The molecule has 20 heavy (non-hydrogen) atoms. The molecule has 2 aromatic rings. The highest BCUT2D eigenvalue weighted by molar-refractivity contribution is 14.1. The number of likely N-dealkylation sites (N-methyl/N-ethyl adjacent to an activating group) is 1. The highest BCUT2D eigenvalue weighted by Crippen LogP contribution is 2.25. The number of halogens is 2. The highest BCUT2D eigenvalue weighted by atomic mass is 127. The molecule has 1 aromatic carbocycles. The number of benzene rings is 1. The monoisotopic (exact) mass is 405 g/mol. The highest BCUT2D eigenvalue weighted by Gasteiger charge is 2.15. The number of hydrogen-bond acceptors (Lipinski definition) is 2. The van der Waals surface area contributed by atoms with Gasteiger partial charge in [-0.05, 0) is 68.6 Å². The molecular formula is C15H21ClIN3. The van der Waals surface area contributed by atoms with E-state index in [1.54, 1.807) is 0 Å². The topological polar surface area (TPSA) is 21.1 Å². The van der Waals surface area contributed by atoms with Gasteiger partial charge in [0.1, 0.15) is 5.82 Å². The Balaban J connectivity index is 2.36. The lowest BCUT2D eigenvalue weighted by Gasteiger charge is -2.22. The van der Waals surface area contributed by atoms with Crippen LogP contribution in [-0.2, 0) is 6.54 Å². The molecule has 1 heterocycles. The zero-order chi connectivity index (χ0) is 14.9. The molecule has 0 saturated heterocycles. The SMILES string of the molecule is CC(Cl)c1nc2cc(I)ccc2n1CCN(C)C(C)C. The summed E-state index contributed by atoms with van der Waals surface area (Å²) in [5.74, 6) is 0.959. The average Bonchev–Trinajstić information content (AvgIpc) is 2.73. The third-order valence-electron chi connectivity index (χ3n) is 3.65. The van der Waals surface area contributed by atoms with Gasteiger partial charge >= 0.3 is 0 Å². The number of fused-ring (bicyclic) bond motifs is 1. The van der Waals surface area contributed by atoms with Crippen molar-refractivity contribution in [3.05, 3.63) is 27.6 Å². The van der Waals surface area contributed by atoms with Crippen molar-refractivity contribution < 1.29 is 0 Å². The van der Waals surface area contributed by atoms with Gasteiger partial charge in [-0.3, -0.25) is 0 Å². The van der Waals surface area contributed by atoms with Crippen LogP contribution in [-0.4, -0.2) is 34.1 Å². The molecule has 1 unspecified atom stereocenters. The fourth-order valence-corrected chi connectivity index (χ4v) is 2.82. The minimum Gasteiger partial charge on any atom is -0.325 e. The van der Waals surface area contributed by atoms with Crippen LogP contribution < -0.4 is 0 Å². The van der Waals surface area contributed by atoms with E-state index in [1.807, 2.05) is 6.92 Å². The summed E-state index contributed by atoms with van der Waals surface area (Å²) in [7, 11) is 2.15. The van der Waals surface area contributed by atoms with Crippen molar-refractivity contribution in [2.75, 3.05) is 13.6 Å². The maximum atomic E-state index is 6.30. The molecule has 5 heteroatoms. The van der Waals surface area contributed by atoms with Crippen molar-refractivity contribution in [2.24, 2.45) is 0 Å². The molecule has 0 saturated carbocycles. The molecule has 1 aromatic heterocycles. The average molecular weight is 406 g/mol. The number of nitrogens with zero attached hydrogens (tertiary/aromatic N) is 3. The lowest BCUT2D eigenvalue weighted by Crippen LogP contribution is -2.30. The first-order valence-corrected chi connectivity index (χ1v) is 8.41. The number of rotatable bonds is 5. The summed E-state index contributed by atoms with van der Waals surface area (Å²) >= 11 is 8.61. The molecule has 0 bridgehead atoms. The van der Waals surface area contributed by atoms with Crippen LogP contribution in [0, 0.1) is 3.57 Å². The molecule has 3 nitrogen and oxygen atoms in total. The fourth-order valence-electron chi connectivity index (χ4n) is 2.18. The maximum Gasteiger partial charge on any atom is 0.127 e. The minimum absolute atomic E-state index is 0.0792. The number of imidazole rings is 1. The van der Waals surface area contributed by atoms with Crippen molar-refractivity contribution in [1.82, 2.24) is 14.5 Å². The van der Waals surface area contributed by atoms with Crippen molar-refractivity contribution in [3.63, 3.8) is 0 Å². The third kappa shape index (κ3) is 3.46. The third-order valence-corrected chi connectivity index (χ3v) is 4.52. The minimum atomic E-state index is -0.0792. The second-order valence-electron chi connectivity index (χ2n) is 5.45. The van der Waals surface area contributed by atoms with Crippen molar-refractivity contribution >= 4 is 45.2 Å². The fraction of sp³-hybridized carbons (Fsp3) is 0.533. The van der Waals surface area contributed by atoms with E-state index in [0.717, 1.165) is 24.4 Å². The van der Waals surface area contributed by atoms with Crippen LogP contribution in [0.25, 0.3) is 11.0 Å². The molecule has 110 valence electrons. The Labute approximate surface area is 139 Å². The maximum absolute atomic E-state index is 6.30. The Kier molecular flexibility index (Phi) is 5.31. The van der Waals surface area contributed by atoms with Crippen molar-refractivity contribution in [1.29, 1.82) is 0 Å². The van der Waals surface area contributed by atoms with Crippen LogP contribution >= 0.6 is 34.2 Å². The molecule has 0 aliphatic heterocycles. The van der Waals surface area contributed by atoms with E-state index in [9.17, 15) is 0 Å². The molecule has 2 rings (SSSR count). The summed E-state index contributed by atoms with van der Waals surface area (Å²) in [5.41, 5.74) is 2.21. The molecule has 0 fully saturated rings. The molecule has 0 aliphatic carbocycles. The summed E-state index contributed by atoms with van der Waals surface area (Å²) in [4.78, 5) is 7.04. The summed E-state index contributed by atoms with van der Waals surface area (Å²) in [5, 5.41) is -0.0792. The van der Waals surface area contributed by atoms with Gasteiger partial charge in [0.05, 0.1) is 16.4 Å². The van der Waals surface area contributed by atoms with Crippen LogP contribution in [0.5, 0.6) is 0 Å². The summed E-state index contributed by atoms with van der Waals surface area (Å²) < 4.78 is 3.45. The predicted molar refractivity (Wildman–Crippen MR) is 94.5 cm³/mol. The van der Waals surface area contributed by atoms with E-state index >= 15 is 0 Å². The molecule has 0 amide bonds. The van der Waals surface area contributed by atoms with Crippen molar-refractivity contribution in [2.45, 2.75) is 38.7 Å². The largest absolute Gasteiger partial charge is 0.325 e. The standard InChI is InChI=1S/C15H21ClIN3/c1-10(2)19(4)7-8-20-14-6-5-12(17)9-13(14)18-15(20)11(3)16/h5-6,9-11H,7-8H2,1-4H3. The van der Waals surface area contributed by atoms with Gasteiger partial charge in [-0.2, -0.15) is 0 Å². The molecule has 0 N–H and O–H groups in total. The summed E-state index contributed by atoms with van der Waals surface area (Å²) in [6, 6.07) is 6.92. The molecular weight excluding hydrogens is 385 g/mol. The summed E-state index contributed by atoms with van der Waals surface area (Å²) in [6.45, 7) is 8.30. The van der Waals surface area contributed by atoms with Gasteiger partial charge in [0.25, 0.3) is 0 Å². The Morgan fingerprint density at radius 3 is 2.65 bits per heavy atom. The van der Waals surface area contributed by atoms with E-state index in [4.69, 9.17) is 16.6 Å². The van der Waals surface area contributed by atoms with E-state index < -0.39 is 0 Å². The number of aromatic nitrogens is 2. The van der Waals surface area contributed by atoms with Gasteiger partial charge in [0.2, 0.25) is 0 Å². The van der Waals surface area contributed by atoms with Gasteiger partial charge in [0, 0.05) is 22.7 Å². The van der Waals surface area contributed by atoms with E-state index in [-0.39, 0.29) is 5.38 Å². The number of hydrogen-bond donors (Lipinski definition) is 0. The number of alkyl halides is 1. The normalized spacial score (nSPS) is 13.6. The predicted octanol–water partition coefficient (Wildman–Crippen LogP) is 4.28. The zero-order valence-corrected chi connectivity index (χ0v) is 15.3. The summed E-state index contributed by atoms with van der Waals surface area (Å²) in [6.07, 6.45) is 0. The van der Waals surface area contributed by atoms with E-state index in [2.05, 4.69) is 71.2 Å². The van der Waals surface area contributed by atoms with Crippen LogP contribution in [0.1, 0.15) is 32.0 Å². The molecule has 1 atom stereocenters. The Bertz CT molecular complexity index is 592. The lowest BCUT2D eigenvalue weighted by molar-refractivity contribution is 0.263. The lowest BCUT2D eigenvalue weighted by atomic mass is 10.3. The van der Waals surface area contributed by atoms with Gasteiger partial charge in [-0.15, -0.1) is 11.6 Å². The first kappa shape index (κ1) is 16.0. The Morgan fingerprint density at radius 1 is 1.35 bits per heavy atom. The van der Waals surface area contributed by atoms with Gasteiger partial charge in [-0.1, -0.05) is 0 Å². The van der Waals surface area contributed by atoms with Crippen molar-refractivity contribution in [3.8, 4) is 0 Å². The van der Waals surface area contributed by atoms with Crippen LogP contribution in [0.2, 0.25) is 0 Å². The second-order valence-corrected chi connectivity index (χ2v) is 7.35. The smallest absolute Gasteiger partial charge is 0.127 e. The van der Waals surface area contributed by atoms with Crippen LogP contribution in [0.3, 0.4) is 0 Å². The van der Waals surface area contributed by atoms with E-state index in [1.165, 1.54) is 9.09 Å². The molecule has 0 aliphatic rings. The second kappa shape index (κ2) is 6.62. The first-order chi connectivity index (χ1) is 9.40. The quantitative estimate of drug-likeness (QED) is 0.547. The Morgan fingerprint density at radius 2 is 2.05 bits per heavy atom. The Hall–Kier alpha value is -0.330. The van der Waals surface area contributed by atoms with Gasteiger partial charge in [0.15, 0.2) is 0 Å².